The second kappa shape index (κ2) is 8.01. The van der Waals surface area contributed by atoms with E-state index in [2.05, 4.69) is 16.4 Å². The van der Waals surface area contributed by atoms with Gasteiger partial charge in [-0.05, 0) is 43.5 Å². The summed E-state index contributed by atoms with van der Waals surface area (Å²) in [4.78, 5) is 16.6. The highest BCUT2D eigenvalue weighted by Gasteiger charge is 2.26. The second-order valence-corrected chi connectivity index (χ2v) is 6.32. The van der Waals surface area contributed by atoms with Crippen LogP contribution >= 0.6 is 0 Å². The van der Waals surface area contributed by atoms with Crippen molar-refractivity contribution in [3.8, 4) is 11.5 Å². The molecule has 25 heavy (non-hydrogen) atoms. The predicted octanol–water partition coefficient (Wildman–Crippen LogP) is 3.36. The molecule has 0 saturated heterocycles. The minimum Gasteiger partial charge on any atom is -0.493 e. The molecular formula is C20H24N2O3. The Hall–Kier alpha value is -2.56. The van der Waals surface area contributed by atoms with Gasteiger partial charge in [0.1, 0.15) is 0 Å². The summed E-state index contributed by atoms with van der Waals surface area (Å²) in [5.74, 6) is 1.54. The summed E-state index contributed by atoms with van der Waals surface area (Å²) < 4.78 is 11.2. The first-order valence-electron chi connectivity index (χ1n) is 8.68. The molecule has 1 aromatic carbocycles. The minimum absolute atomic E-state index is 0.0279. The Morgan fingerprint density at radius 2 is 2.28 bits per heavy atom. The highest BCUT2D eigenvalue weighted by molar-refractivity contribution is 5.76. The van der Waals surface area contributed by atoms with Gasteiger partial charge in [0.25, 0.3) is 0 Å². The van der Waals surface area contributed by atoms with Gasteiger partial charge >= 0.3 is 0 Å². The van der Waals surface area contributed by atoms with E-state index in [0.29, 0.717) is 13.0 Å². The third-order valence-electron chi connectivity index (χ3n) is 4.37. The van der Waals surface area contributed by atoms with E-state index in [-0.39, 0.29) is 11.9 Å². The SMILES string of the molecule is COc1cc(C)cc2c1OCCC2NC(=O)CCCc1ccccn1. The van der Waals surface area contributed by atoms with Crippen molar-refractivity contribution in [1.29, 1.82) is 0 Å². The van der Waals surface area contributed by atoms with Crippen LogP contribution in [0, 0.1) is 6.92 Å². The molecule has 0 spiro atoms. The van der Waals surface area contributed by atoms with Crippen LogP contribution in [0.1, 0.15) is 42.1 Å². The van der Waals surface area contributed by atoms with Gasteiger partial charge in [0.2, 0.25) is 5.91 Å². The zero-order valence-electron chi connectivity index (χ0n) is 14.7. The lowest BCUT2D eigenvalue weighted by molar-refractivity contribution is -0.122. The largest absolute Gasteiger partial charge is 0.493 e. The number of nitrogens with zero attached hydrogens (tertiary/aromatic N) is 1. The van der Waals surface area contributed by atoms with E-state index in [1.807, 2.05) is 31.2 Å². The molecule has 2 heterocycles. The Balaban J connectivity index is 1.60. The monoisotopic (exact) mass is 340 g/mol. The summed E-state index contributed by atoms with van der Waals surface area (Å²) in [6.07, 6.45) is 4.64. The van der Waals surface area contributed by atoms with Crippen molar-refractivity contribution in [2.75, 3.05) is 13.7 Å². The zero-order chi connectivity index (χ0) is 17.6. The Morgan fingerprint density at radius 1 is 1.40 bits per heavy atom. The Kier molecular flexibility index (Phi) is 5.53. The number of ether oxygens (including phenoxy) is 2. The van der Waals surface area contributed by atoms with E-state index in [1.54, 1.807) is 13.3 Å². The molecule has 2 aromatic rings. The number of carbonyl (C=O) groups is 1. The van der Waals surface area contributed by atoms with Gasteiger partial charge in [-0.25, -0.2) is 0 Å². The first-order valence-corrected chi connectivity index (χ1v) is 8.68. The van der Waals surface area contributed by atoms with Crippen LogP contribution in [-0.2, 0) is 11.2 Å². The molecule has 3 rings (SSSR count). The van der Waals surface area contributed by atoms with Gasteiger partial charge in [-0.1, -0.05) is 12.1 Å². The number of carbonyl (C=O) groups excluding carboxylic acids is 1. The number of pyridine rings is 1. The summed E-state index contributed by atoms with van der Waals surface area (Å²) >= 11 is 0. The van der Waals surface area contributed by atoms with Crippen molar-refractivity contribution in [3.05, 3.63) is 53.3 Å². The van der Waals surface area contributed by atoms with Gasteiger partial charge in [0.15, 0.2) is 11.5 Å². The Labute approximate surface area is 148 Å². The molecule has 5 nitrogen and oxygen atoms in total. The number of benzene rings is 1. The summed E-state index contributed by atoms with van der Waals surface area (Å²) in [7, 11) is 1.64. The lowest BCUT2D eigenvalue weighted by Gasteiger charge is -2.28. The fourth-order valence-electron chi connectivity index (χ4n) is 3.16. The predicted molar refractivity (Wildman–Crippen MR) is 95.9 cm³/mol. The van der Waals surface area contributed by atoms with E-state index in [4.69, 9.17) is 9.47 Å². The van der Waals surface area contributed by atoms with Gasteiger partial charge in [0.05, 0.1) is 19.8 Å². The number of fused-ring (bicyclic) bond motifs is 1. The smallest absolute Gasteiger partial charge is 0.220 e. The van der Waals surface area contributed by atoms with Crippen molar-refractivity contribution in [1.82, 2.24) is 10.3 Å². The number of hydrogen-bond acceptors (Lipinski definition) is 4. The van der Waals surface area contributed by atoms with Crippen LogP contribution < -0.4 is 14.8 Å². The number of hydrogen-bond donors (Lipinski definition) is 1. The number of nitrogens with one attached hydrogen (secondary N) is 1. The average molecular weight is 340 g/mol. The van der Waals surface area contributed by atoms with E-state index in [0.717, 1.165) is 47.6 Å². The number of aromatic nitrogens is 1. The van der Waals surface area contributed by atoms with Crippen LogP contribution in [0.4, 0.5) is 0 Å². The van der Waals surface area contributed by atoms with Crippen molar-refractivity contribution < 1.29 is 14.3 Å². The molecule has 132 valence electrons. The van der Waals surface area contributed by atoms with Crippen LogP contribution in [-0.4, -0.2) is 24.6 Å². The van der Waals surface area contributed by atoms with E-state index in [1.165, 1.54) is 0 Å². The zero-order valence-corrected chi connectivity index (χ0v) is 14.7. The fourth-order valence-corrected chi connectivity index (χ4v) is 3.16. The number of aryl methyl sites for hydroxylation is 2. The lowest BCUT2D eigenvalue weighted by atomic mass is 9.97. The van der Waals surface area contributed by atoms with Crippen molar-refractivity contribution in [3.63, 3.8) is 0 Å². The molecule has 1 aliphatic rings. The van der Waals surface area contributed by atoms with Gasteiger partial charge < -0.3 is 14.8 Å². The molecule has 0 fully saturated rings. The molecule has 1 N–H and O–H groups in total. The van der Waals surface area contributed by atoms with Crippen LogP contribution in [0.5, 0.6) is 11.5 Å². The molecule has 0 radical (unpaired) electrons. The first-order chi connectivity index (χ1) is 12.2. The van der Waals surface area contributed by atoms with Crippen LogP contribution in [0.3, 0.4) is 0 Å². The molecule has 5 heteroatoms. The minimum atomic E-state index is -0.0279. The van der Waals surface area contributed by atoms with Crippen LogP contribution in [0.25, 0.3) is 0 Å². The maximum Gasteiger partial charge on any atom is 0.220 e. The first kappa shape index (κ1) is 17.3. The topological polar surface area (TPSA) is 60.5 Å². The summed E-state index contributed by atoms with van der Waals surface area (Å²) in [5.41, 5.74) is 3.11. The summed E-state index contributed by atoms with van der Waals surface area (Å²) in [5, 5.41) is 3.14. The summed E-state index contributed by atoms with van der Waals surface area (Å²) in [6, 6.07) is 9.85. The second-order valence-electron chi connectivity index (χ2n) is 6.32. The Bertz CT molecular complexity index is 731. The lowest BCUT2D eigenvalue weighted by Crippen LogP contribution is -2.32. The standard InChI is InChI=1S/C20H24N2O3/c1-14-12-16-17(9-11-25-20(16)18(13-14)24-2)22-19(23)8-5-7-15-6-3-4-10-21-15/h3-4,6,10,12-13,17H,5,7-9,11H2,1-2H3,(H,22,23). The normalized spacial score (nSPS) is 15.8. The number of amides is 1. The van der Waals surface area contributed by atoms with E-state index < -0.39 is 0 Å². The molecule has 1 aliphatic heterocycles. The van der Waals surface area contributed by atoms with Crippen molar-refractivity contribution in [2.24, 2.45) is 0 Å². The van der Waals surface area contributed by atoms with Gasteiger partial charge in [0, 0.05) is 30.3 Å². The number of methoxy groups -OCH3 is 1. The van der Waals surface area contributed by atoms with Crippen molar-refractivity contribution >= 4 is 5.91 Å². The van der Waals surface area contributed by atoms with Crippen LogP contribution in [0.2, 0.25) is 0 Å². The van der Waals surface area contributed by atoms with Crippen molar-refractivity contribution in [2.45, 2.75) is 38.6 Å². The molecule has 0 aliphatic carbocycles. The molecule has 0 saturated carbocycles. The fraction of sp³-hybridized carbons (Fsp3) is 0.400. The van der Waals surface area contributed by atoms with Gasteiger partial charge in [-0.3, -0.25) is 9.78 Å². The highest BCUT2D eigenvalue weighted by Crippen LogP contribution is 2.40. The molecule has 1 amide bonds. The van der Waals surface area contributed by atoms with Crippen LogP contribution in [0.15, 0.2) is 36.5 Å². The van der Waals surface area contributed by atoms with Gasteiger partial charge in [-0.15, -0.1) is 0 Å². The quantitative estimate of drug-likeness (QED) is 0.876. The third kappa shape index (κ3) is 4.29. The van der Waals surface area contributed by atoms with E-state index >= 15 is 0 Å². The molecular weight excluding hydrogens is 316 g/mol. The molecule has 0 bridgehead atoms. The molecule has 1 aromatic heterocycles. The molecule has 1 unspecified atom stereocenters. The van der Waals surface area contributed by atoms with Gasteiger partial charge in [-0.2, -0.15) is 0 Å². The van der Waals surface area contributed by atoms with E-state index in [9.17, 15) is 4.79 Å². The highest BCUT2D eigenvalue weighted by atomic mass is 16.5. The maximum atomic E-state index is 12.3. The maximum absolute atomic E-state index is 12.3. The number of rotatable bonds is 6. The Morgan fingerprint density at radius 3 is 3.04 bits per heavy atom. The molecule has 1 atom stereocenters. The average Bonchev–Trinajstić information content (AvgIpc) is 2.62. The third-order valence-corrected chi connectivity index (χ3v) is 4.37. The summed E-state index contributed by atoms with van der Waals surface area (Å²) in [6.45, 7) is 2.59.